The molecule has 122 valence electrons. The third kappa shape index (κ3) is 4.96. The maximum absolute atomic E-state index is 12.6. The number of hydrogen-bond donors (Lipinski definition) is 1. The monoisotopic (exact) mass is 296 g/mol. The summed E-state index contributed by atoms with van der Waals surface area (Å²) in [7, 11) is 1.97. The molecule has 1 amide bonds. The molecule has 2 aliphatic carbocycles. The Hall–Kier alpha value is -0.610. The van der Waals surface area contributed by atoms with Crippen molar-refractivity contribution in [3.63, 3.8) is 0 Å². The van der Waals surface area contributed by atoms with E-state index in [4.69, 9.17) is 0 Å². The Labute approximate surface area is 129 Å². The molecule has 0 saturated heterocycles. The molecule has 0 aromatic rings. The number of rotatable bonds is 6. The van der Waals surface area contributed by atoms with E-state index in [2.05, 4.69) is 4.90 Å². The maximum atomic E-state index is 12.6. The first-order valence-corrected chi connectivity index (χ1v) is 8.83. The SMILES string of the molecule is CN(C(=O)CN(CCO)C1CCCCC1)C1CCCCC1. The number of hydrogen-bond acceptors (Lipinski definition) is 3. The van der Waals surface area contributed by atoms with Gasteiger partial charge in [-0.15, -0.1) is 0 Å². The van der Waals surface area contributed by atoms with Crippen LogP contribution in [0, 0.1) is 0 Å². The lowest BCUT2D eigenvalue weighted by Crippen LogP contribution is -2.48. The van der Waals surface area contributed by atoms with Crippen LogP contribution in [0.2, 0.25) is 0 Å². The molecule has 0 aromatic heterocycles. The summed E-state index contributed by atoms with van der Waals surface area (Å²) >= 11 is 0. The summed E-state index contributed by atoms with van der Waals surface area (Å²) in [4.78, 5) is 16.8. The molecule has 0 atom stereocenters. The predicted molar refractivity (Wildman–Crippen MR) is 85.2 cm³/mol. The van der Waals surface area contributed by atoms with Crippen LogP contribution >= 0.6 is 0 Å². The molecule has 1 N–H and O–H groups in total. The van der Waals surface area contributed by atoms with Crippen LogP contribution < -0.4 is 0 Å². The van der Waals surface area contributed by atoms with Gasteiger partial charge in [-0.3, -0.25) is 9.69 Å². The number of aliphatic hydroxyl groups is 1. The number of likely N-dealkylation sites (N-methyl/N-ethyl adjacent to an activating group) is 1. The summed E-state index contributed by atoms with van der Waals surface area (Å²) in [5.74, 6) is 0.237. The van der Waals surface area contributed by atoms with Crippen molar-refractivity contribution in [1.29, 1.82) is 0 Å². The van der Waals surface area contributed by atoms with Gasteiger partial charge in [-0.2, -0.15) is 0 Å². The van der Waals surface area contributed by atoms with Gasteiger partial charge in [0.25, 0.3) is 0 Å². The molecule has 21 heavy (non-hydrogen) atoms. The van der Waals surface area contributed by atoms with Crippen molar-refractivity contribution in [2.24, 2.45) is 0 Å². The smallest absolute Gasteiger partial charge is 0.236 e. The molecule has 2 fully saturated rings. The Morgan fingerprint density at radius 3 is 2.00 bits per heavy atom. The zero-order valence-corrected chi connectivity index (χ0v) is 13.6. The van der Waals surface area contributed by atoms with Crippen molar-refractivity contribution < 1.29 is 9.90 Å². The fraction of sp³-hybridized carbons (Fsp3) is 0.941. The molecule has 2 rings (SSSR count). The highest BCUT2D eigenvalue weighted by atomic mass is 16.3. The predicted octanol–water partition coefficient (Wildman–Crippen LogP) is 2.40. The molecular weight excluding hydrogens is 264 g/mol. The van der Waals surface area contributed by atoms with Crippen molar-refractivity contribution in [3.05, 3.63) is 0 Å². The van der Waals surface area contributed by atoms with E-state index in [0.29, 0.717) is 25.2 Å². The van der Waals surface area contributed by atoms with Gasteiger partial charge in [0.05, 0.1) is 13.2 Å². The van der Waals surface area contributed by atoms with E-state index in [1.807, 2.05) is 11.9 Å². The third-order valence-corrected chi connectivity index (χ3v) is 5.33. The highest BCUT2D eigenvalue weighted by Gasteiger charge is 2.27. The molecular formula is C17H32N2O2. The van der Waals surface area contributed by atoms with E-state index in [1.54, 1.807) is 0 Å². The van der Waals surface area contributed by atoms with Crippen molar-refractivity contribution in [1.82, 2.24) is 9.80 Å². The molecule has 0 bridgehead atoms. The molecule has 2 saturated carbocycles. The van der Waals surface area contributed by atoms with Gasteiger partial charge in [0.2, 0.25) is 5.91 Å². The third-order valence-electron chi connectivity index (χ3n) is 5.33. The molecule has 0 heterocycles. The molecule has 0 radical (unpaired) electrons. The average Bonchev–Trinajstić information content (AvgIpc) is 2.55. The van der Waals surface area contributed by atoms with Crippen molar-refractivity contribution in [2.45, 2.75) is 76.3 Å². The number of nitrogens with zero attached hydrogens (tertiary/aromatic N) is 2. The fourth-order valence-corrected chi connectivity index (χ4v) is 3.92. The van der Waals surface area contributed by atoms with E-state index in [-0.39, 0.29) is 12.5 Å². The largest absolute Gasteiger partial charge is 0.395 e. The molecule has 4 nitrogen and oxygen atoms in total. The lowest BCUT2D eigenvalue weighted by molar-refractivity contribution is -0.134. The van der Waals surface area contributed by atoms with E-state index >= 15 is 0 Å². The highest BCUT2D eigenvalue weighted by molar-refractivity contribution is 5.78. The second-order valence-corrected chi connectivity index (χ2v) is 6.78. The second-order valence-electron chi connectivity index (χ2n) is 6.78. The Morgan fingerprint density at radius 2 is 1.48 bits per heavy atom. The van der Waals surface area contributed by atoms with Crippen LogP contribution in [0.15, 0.2) is 0 Å². The fourth-order valence-electron chi connectivity index (χ4n) is 3.92. The highest BCUT2D eigenvalue weighted by Crippen LogP contribution is 2.24. The summed E-state index contributed by atoms with van der Waals surface area (Å²) in [6, 6.07) is 0.934. The van der Waals surface area contributed by atoms with Gasteiger partial charge >= 0.3 is 0 Å². The van der Waals surface area contributed by atoms with E-state index in [1.165, 1.54) is 51.4 Å². The standard InChI is InChI=1S/C17H32N2O2/c1-18(15-8-4-2-5-9-15)17(21)14-19(12-13-20)16-10-6-3-7-11-16/h15-16,20H,2-14H2,1H3. The minimum absolute atomic E-state index is 0.150. The lowest BCUT2D eigenvalue weighted by Gasteiger charge is -2.36. The van der Waals surface area contributed by atoms with Crippen LogP contribution in [-0.2, 0) is 4.79 Å². The summed E-state index contributed by atoms with van der Waals surface area (Å²) in [5.41, 5.74) is 0. The summed E-state index contributed by atoms with van der Waals surface area (Å²) in [6.07, 6.45) is 12.4. The first kappa shape index (κ1) is 16.8. The Balaban J connectivity index is 1.86. The Morgan fingerprint density at radius 1 is 0.952 bits per heavy atom. The number of aliphatic hydroxyl groups excluding tert-OH is 1. The minimum atomic E-state index is 0.150. The molecule has 0 aromatic carbocycles. The van der Waals surface area contributed by atoms with Crippen LogP contribution in [-0.4, -0.2) is 59.6 Å². The van der Waals surface area contributed by atoms with Gasteiger partial charge in [-0.25, -0.2) is 0 Å². The van der Waals surface area contributed by atoms with E-state index < -0.39 is 0 Å². The lowest BCUT2D eigenvalue weighted by atomic mass is 9.93. The van der Waals surface area contributed by atoms with Gasteiger partial charge < -0.3 is 10.0 Å². The quantitative estimate of drug-likeness (QED) is 0.818. The van der Waals surface area contributed by atoms with Crippen LogP contribution in [0.25, 0.3) is 0 Å². The van der Waals surface area contributed by atoms with Crippen molar-refractivity contribution >= 4 is 5.91 Å². The van der Waals surface area contributed by atoms with Crippen molar-refractivity contribution in [3.8, 4) is 0 Å². The summed E-state index contributed by atoms with van der Waals surface area (Å²) in [5, 5.41) is 9.30. The van der Waals surface area contributed by atoms with E-state index in [9.17, 15) is 9.90 Å². The molecule has 0 unspecified atom stereocenters. The molecule has 0 spiro atoms. The maximum Gasteiger partial charge on any atom is 0.236 e. The molecule has 0 aliphatic heterocycles. The zero-order valence-electron chi connectivity index (χ0n) is 13.6. The van der Waals surface area contributed by atoms with Crippen LogP contribution in [0.1, 0.15) is 64.2 Å². The zero-order chi connectivity index (χ0) is 15.1. The van der Waals surface area contributed by atoms with Gasteiger partial charge in [-0.1, -0.05) is 38.5 Å². The van der Waals surface area contributed by atoms with Crippen LogP contribution in [0.4, 0.5) is 0 Å². The van der Waals surface area contributed by atoms with Gasteiger partial charge in [0.15, 0.2) is 0 Å². The van der Waals surface area contributed by atoms with Gasteiger partial charge in [-0.05, 0) is 25.7 Å². The number of amides is 1. The number of carbonyl (C=O) groups is 1. The van der Waals surface area contributed by atoms with Gasteiger partial charge in [0.1, 0.15) is 0 Å². The summed E-state index contributed by atoms with van der Waals surface area (Å²) < 4.78 is 0. The van der Waals surface area contributed by atoms with Crippen molar-refractivity contribution in [2.75, 3.05) is 26.7 Å². The normalized spacial score (nSPS) is 21.7. The van der Waals surface area contributed by atoms with Gasteiger partial charge in [0, 0.05) is 25.7 Å². The topological polar surface area (TPSA) is 43.8 Å². The average molecular weight is 296 g/mol. The Bertz CT molecular complexity index is 310. The van der Waals surface area contributed by atoms with Crippen LogP contribution in [0.3, 0.4) is 0 Å². The Kier molecular flexibility index (Phi) is 6.97. The minimum Gasteiger partial charge on any atom is -0.395 e. The second kappa shape index (κ2) is 8.74. The first-order valence-electron chi connectivity index (χ1n) is 8.83. The molecule has 2 aliphatic rings. The van der Waals surface area contributed by atoms with Crippen LogP contribution in [0.5, 0.6) is 0 Å². The first-order chi connectivity index (χ1) is 10.2. The summed E-state index contributed by atoms with van der Waals surface area (Å²) in [6.45, 7) is 1.27. The number of carbonyl (C=O) groups excluding carboxylic acids is 1. The van der Waals surface area contributed by atoms with E-state index in [0.717, 1.165) is 12.8 Å². The molecule has 4 heteroatoms.